The van der Waals surface area contributed by atoms with Crippen LogP contribution >= 0.6 is 23.2 Å². The zero-order valence-corrected chi connectivity index (χ0v) is 77.9. The van der Waals surface area contributed by atoms with Gasteiger partial charge in [0.1, 0.15) is 114 Å². The molecule has 23 atom stereocenters. The monoisotopic (exact) mass is 2010 g/mol. The van der Waals surface area contributed by atoms with Crippen molar-refractivity contribution in [1.29, 1.82) is 0 Å². The van der Waals surface area contributed by atoms with Gasteiger partial charge in [-0.25, -0.2) is 4.79 Å². The van der Waals surface area contributed by atoms with Gasteiger partial charge in [-0.1, -0.05) is 73.4 Å². The van der Waals surface area contributed by atoms with Gasteiger partial charge in [0.15, 0.2) is 41.7 Å². The molecule has 0 spiro atoms. The van der Waals surface area contributed by atoms with Crippen LogP contribution in [0.25, 0.3) is 11.1 Å². The molecule has 9 aliphatic rings. The van der Waals surface area contributed by atoms with Crippen LogP contribution < -0.4 is 67.2 Å². The van der Waals surface area contributed by atoms with E-state index in [9.17, 15) is 93.6 Å². The molecule has 7 aromatic rings. The number of aliphatic hydroxyl groups is 8. The van der Waals surface area contributed by atoms with Crippen LogP contribution in [0.3, 0.4) is 0 Å². The summed E-state index contributed by atoms with van der Waals surface area (Å²) in [6.07, 6.45) is -36.9. The number of ketones is 2. The average molecular weight is 2010 g/mol. The molecule has 7 aromatic carbocycles. The maximum absolute atomic E-state index is 16.8. The molecule has 46 heteroatoms. The maximum Gasteiger partial charge on any atom is 0.573 e. The predicted molar refractivity (Wildman–Crippen MR) is 488 cm³/mol. The van der Waals surface area contributed by atoms with Crippen LogP contribution in [0, 0.1) is 11.8 Å². The van der Waals surface area contributed by atoms with Gasteiger partial charge in [0.05, 0.1) is 60.0 Å². The molecule has 0 aromatic heterocycles. The van der Waals surface area contributed by atoms with E-state index in [0.29, 0.717) is 38.4 Å². The molecule has 22 N–H and O–H groups in total. The zero-order chi connectivity index (χ0) is 102. The van der Waals surface area contributed by atoms with Gasteiger partial charge in [0.2, 0.25) is 41.6 Å². The van der Waals surface area contributed by atoms with Gasteiger partial charge in [-0.05, 0) is 146 Å². The summed E-state index contributed by atoms with van der Waals surface area (Å²) in [7, 11) is 1.47. The van der Waals surface area contributed by atoms with Gasteiger partial charge in [-0.3, -0.25) is 43.3 Å². The molecular formula is C95H109Cl2F3N10O31. The van der Waals surface area contributed by atoms with Crippen molar-refractivity contribution in [2.24, 2.45) is 17.6 Å². The number of carbonyl (C=O) groups is 9. The number of anilines is 1. The quantitative estimate of drug-likeness (QED) is 0.0366. The molecule has 0 saturated carbocycles. The van der Waals surface area contributed by atoms with E-state index in [2.05, 4.69) is 52.2 Å². The first-order valence-electron chi connectivity index (χ1n) is 45.2. The van der Waals surface area contributed by atoms with Crippen molar-refractivity contribution in [3.63, 3.8) is 0 Å². The molecule has 9 heterocycles. The van der Waals surface area contributed by atoms with Crippen molar-refractivity contribution in [3.8, 4) is 62.9 Å². The lowest BCUT2D eigenvalue weighted by Crippen LogP contribution is -2.65. The lowest BCUT2D eigenvalue weighted by Gasteiger charge is -2.47. The Bertz CT molecular complexity index is 5790. The third-order valence-corrected chi connectivity index (χ3v) is 26.1. The second-order valence-electron chi connectivity index (χ2n) is 36.1. The summed E-state index contributed by atoms with van der Waals surface area (Å²) >= 11 is 14.7. The Morgan fingerprint density at radius 3 is 2.04 bits per heavy atom. The Kier molecular flexibility index (Phi) is 33.5. The number of aromatic hydroxyl groups is 3. The molecule has 760 valence electrons. The third-order valence-electron chi connectivity index (χ3n) is 25.5. The van der Waals surface area contributed by atoms with Crippen molar-refractivity contribution in [1.82, 2.24) is 42.1 Å². The molecule has 11 bridgehead atoms. The topological polar surface area (TPSA) is 614 Å². The molecule has 0 aliphatic carbocycles. The number of carboxylic acid groups (broad SMARTS) is 1. The Morgan fingerprint density at radius 2 is 1.37 bits per heavy atom. The van der Waals surface area contributed by atoms with Crippen LogP contribution in [0.2, 0.25) is 10.0 Å². The number of Topliss-reactive ketones (excluding diaryl/α,β-unsaturated/α-hetero) is 2. The number of likely N-dealkylation sites (N-methyl/N-ethyl adjacent to an activating group) is 1. The van der Waals surface area contributed by atoms with E-state index in [4.69, 9.17) is 71.6 Å². The number of halogens is 5. The number of nitrogens with two attached hydrogens (primary N) is 1. The third kappa shape index (κ3) is 24.7. The first-order chi connectivity index (χ1) is 66.9. The maximum atomic E-state index is 16.8. The Labute approximate surface area is 813 Å². The number of aliphatic hydroxyl groups excluding tert-OH is 8. The highest BCUT2D eigenvalue weighted by Crippen LogP contribution is 2.51. The molecule has 0 radical (unpaired) electrons. The summed E-state index contributed by atoms with van der Waals surface area (Å²) in [6.45, 7) is 8.22. The molecule has 2 unspecified atom stereocenters. The summed E-state index contributed by atoms with van der Waals surface area (Å²) in [5.74, 6) is -21.2. The Balaban J connectivity index is 0.884. The number of aliphatic carboxylic acids is 1. The first-order valence-corrected chi connectivity index (χ1v) is 46.0. The molecule has 41 nitrogen and oxygen atoms in total. The number of rotatable bonds is 26. The standard InChI is InChI=1S/C95H109Cl2F3N10O31/c1-41(2)24-58(102-5)89(128)108-74-61(115)30-49(33-69(101)117)87(126)106-72-48-31-65(134-63-16-13-45(76(74)118)28-56(63)96)83(139-93-81(123)79(121)84(68(40-111)137-93)140-92-80(122)78(120)77(119)67(136-92)39-103-38-43-8-6-10-50(25-43)105-86(125)47-9-7-11-52(26-47)141-95(98,99)100)66(32-48)135-64-17-14-46(29-57(64)97)82(138-70-37-94(4,85(124)42(3)133-70)104-18-19-110-20-22-132-23-21-110)75-90(129)107-73(91(130)131)55-34-51(112)35-60(114)71(55)54-27-44(12-15-59(54)113)53(36-62(72)116)88(127)109-75/h6-17,25-29,31-32,34-35,41-42,49,53,58,67-68,70,72-82,84-85,92-93,102-104,111-114,118-124H,18-24,30,33,36-40H2,1-5H3,(H2,101,117)(H,105,125)(H,106,126)(H,107,129)(H,108,128)(H,109,127)(H,130,131)/t42-,49-,53+,58+,67+,68+,70?,72+,73+,74?,75-,76+,77-,78-,79+,80+,81+,82+,84+,85-,92-,93-,94-/m0/s1. The molecule has 16 rings (SSSR count). The second-order valence-corrected chi connectivity index (χ2v) is 36.9. The minimum atomic E-state index is -5.03. The minimum Gasteiger partial charge on any atom is -0.508 e. The van der Waals surface area contributed by atoms with Gasteiger partial charge >= 0.3 is 12.3 Å². The van der Waals surface area contributed by atoms with Gasteiger partial charge < -0.3 is 157 Å². The van der Waals surface area contributed by atoms with E-state index in [1.54, 1.807) is 19.1 Å². The summed E-state index contributed by atoms with van der Waals surface area (Å²) in [5.41, 5.74) is 2.43. The minimum absolute atomic E-state index is 0.0518. The lowest BCUT2D eigenvalue weighted by molar-refractivity contribution is -0.350. The van der Waals surface area contributed by atoms with E-state index in [1.807, 2.05) is 13.8 Å². The van der Waals surface area contributed by atoms with Crippen molar-refractivity contribution >= 4 is 81.9 Å². The number of benzene rings is 7. The summed E-state index contributed by atoms with van der Waals surface area (Å²) in [5, 5.41) is 163. The number of phenolic OH excluding ortho intramolecular Hbond substituents is 3. The fourth-order valence-electron chi connectivity index (χ4n) is 18.1. The molecule has 6 amide bonds. The average Bonchev–Trinajstić information content (AvgIpc) is 0.754. The van der Waals surface area contributed by atoms with Crippen LogP contribution in [-0.4, -0.2) is 289 Å². The molecule has 4 saturated heterocycles. The van der Waals surface area contributed by atoms with Crippen LogP contribution in [0.5, 0.6) is 51.7 Å². The lowest BCUT2D eigenvalue weighted by atomic mass is 9.84. The molecular weight excluding hydrogens is 1900 g/mol. The number of ether oxygens (including phenoxy) is 10. The van der Waals surface area contributed by atoms with E-state index in [-0.39, 0.29) is 66.3 Å². The second kappa shape index (κ2) is 44.9. The summed E-state index contributed by atoms with van der Waals surface area (Å²) in [4.78, 5) is 138. The van der Waals surface area contributed by atoms with E-state index in [0.717, 1.165) is 60.7 Å². The largest absolute Gasteiger partial charge is 0.573 e. The predicted octanol–water partition coefficient (Wildman–Crippen LogP) is 3.82. The number of morpholine rings is 1. The Hall–Kier alpha value is -11.6. The van der Waals surface area contributed by atoms with Crippen LogP contribution in [0.4, 0.5) is 18.9 Å². The number of hydrogen-bond acceptors (Lipinski definition) is 34. The SMILES string of the molecule is CN[C@H](CC(C)C)C(=O)NC1C(=O)C[C@@H](CC(N)=O)C(=O)N[C@H]2C(=O)C[C@H]3C(=O)N[C@H](C(=O)N[C@@H](C(=O)O)c4cc(O)cc(O)c4-c4cc3ccc4O)[C@H](OC3C[C@](C)(NCCN4CCOCC4)[C@@H](O)[C@H](C)O3)c3ccc(c(Cl)c3)Oc3cc2cc(c3O[C@@H]2O[C@H](CO)[C@@H](O[C@@H]3O[C@H](CNCc4cccc(NC(=O)c5cccc(OC(F)(F)F)c5)c4)[C@H](O)[C@H](O)[C@H]3O)[C@H](O)[C@H]2O)Oc2ccc(cc2Cl)[C@H]1O. The molecule has 4 fully saturated rings. The number of amides is 6. The highest BCUT2D eigenvalue weighted by molar-refractivity contribution is 6.32. The van der Waals surface area contributed by atoms with Gasteiger partial charge in [-0.2, -0.15) is 0 Å². The molecule has 141 heavy (non-hydrogen) atoms. The van der Waals surface area contributed by atoms with Crippen molar-refractivity contribution < 1.29 is 165 Å². The van der Waals surface area contributed by atoms with Crippen LogP contribution in [0.15, 0.2) is 127 Å². The Morgan fingerprint density at radius 1 is 0.695 bits per heavy atom. The number of phenols is 3. The number of fused-ring (bicyclic) bond motifs is 15. The number of alkyl halides is 3. The number of nitrogens with one attached hydrogen (secondary N) is 8. The highest BCUT2D eigenvalue weighted by atomic mass is 35.5. The molecule has 9 aliphatic heterocycles. The number of primary amides is 1. The van der Waals surface area contributed by atoms with E-state index >= 15 is 24.0 Å². The van der Waals surface area contributed by atoms with Gasteiger partial charge in [0, 0.05) is 104 Å². The number of hydrogen-bond donors (Lipinski definition) is 21. The van der Waals surface area contributed by atoms with Crippen molar-refractivity contribution in [2.75, 3.05) is 64.9 Å². The van der Waals surface area contributed by atoms with E-state index < -0.39 is 309 Å². The summed E-state index contributed by atoms with van der Waals surface area (Å²) < 4.78 is 101. The van der Waals surface area contributed by atoms with Crippen LogP contribution in [0.1, 0.15) is 134 Å². The number of carboxylic acids is 1. The smallest absolute Gasteiger partial charge is 0.508 e. The highest BCUT2D eigenvalue weighted by Gasteiger charge is 2.54. The van der Waals surface area contributed by atoms with Crippen molar-refractivity contribution in [3.05, 3.63) is 176 Å². The first kappa shape index (κ1) is 105. The van der Waals surface area contributed by atoms with Gasteiger partial charge in [0.25, 0.3) is 5.91 Å². The van der Waals surface area contributed by atoms with E-state index in [1.165, 1.54) is 68.6 Å². The van der Waals surface area contributed by atoms with Crippen LogP contribution in [-0.2, 0) is 73.3 Å². The van der Waals surface area contributed by atoms with Crippen molar-refractivity contribution in [2.45, 2.75) is 206 Å². The summed E-state index contributed by atoms with van der Waals surface area (Å²) in [6, 6.07) is 14.6. The fraction of sp³-hybridized carbons (Fsp3) is 0.463. The normalized spacial score (nSPS) is 28.7. The number of carbonyl (C=O) groups excluding carboxylic acids is 8. The number of nitrogens with zero attached hydrogens (tertiary/aromatic N) is 1. The van der Waals surface area contributed by atoms with Gasteiger partial charge in [-0.15, -0.1) is 13.2 Å². The zero-order valence-electron chi connectivity index (χ0n) is 76.3. The fourth-order valence-corrected chi connectivity index (χ4v) is 18.6.